The van der Waals surface area contributed by atoms with E-state index >= 15 is 0 Å². The summed E-state index contributed by atoms with van der Waals surface area (Å²) in [5.74, 6) is -0.750. The number of carboxylic acids is 1. The molecule has 2 aromatic heterocycles. The van der Waals surface area contributed by atoms with Crippen LogP contribution in [0.5, 0.6) is 0 Å². The molecule has 0 atom stereocenters. The zero-order valence-corrected chi connectivity index (χ0v) is 13.1. The van der Waals surface area contributed by atoms with E-state index in [1.165, 1.54) is 11.8 Å². The first-order valence-corrected chi connectivity index (χ1v) is 7.78. The largest absolute Gasteiger partial charge is 0.476 e. The summed E-state index contributed by atoms with van der Waals surface area (Å²) in [5, 5.41) is 17.6. The molecule has 0 spiro atoms. The van der Waals surface area contributed by atoms with Gasteiger partial charge in [0.1, 0.15) is 0 Å². The molecular formula is C15H13N5O2S. The van der Waals surface area contributed by atoms with Gasteiger partial charge >= 0.3 is 5.97 Å². The average Bonchev–Trinajstić information content (AvgIpc) is 2.99. The molecule has 0 amide bonds. The molecule has 8 heteroatoms. The maximum Gasteiger partial charge on any atom is 0.358 e. The minimum absolute atomic E-state index is 0.0611. The van der Waals surface area contributed by atoms with Crippen LogP contribution in [0.15, 0.2) is 47.9 Å². The van der Waals surface area contributed by atoms with Gasteiger partial charge < -0.3 is 5.11 Å². The maximum absolute atomic E-state index is 11.4. The maximum atomic E-state index is 11.4. The second-order valence-electron chi connectivity index (χ2n) is 4.76. The third-order valence-corrected chi connectivity index (χ3v) is 4.01. The van der Waals surface area contributed by atoms with Gasteiger partial charge in [-0.05, 0) is 25.1 Å². The van der Waals surface area contributed by atoms with Crippen LogP contribution in [0.25, 0.3) is 5.69 Å². The Morgan fingerprint density at radius 3 is 2.57 bits per heavy atom. The van der Waals surface area contributed by atoms with E-state index in [0.29, 0.717) is 16.6 Å². The second kappa shape index (κ2) is 6.57. The quantitative estimate of drug-likeness (QED) is 0.568. The van der Waals surface area contributed by atoms with Crippen molar-refractivity contribution in [3.8, 4) is 5.69 Å². The van der Waals surface area contributed by atoms with Gasteiger partial charge in [0.05, 0.1) is 11.4 Å². The lowest BCUT2D eigenvalue weighted by Crippen LogP contribution is -2.06. The van der Waals surface area contributed by atoms with Gasteiger partial charge in [-0.2, -0.15) is 0 Å². The lowest BCUT2D eigenvalue weighted by molar-refractivity contribution is 0.0689. The summed E-state index contributed by atoms with van der Waals surface area (Å²) in [6, 6.07) is 9.36. The van der Waals surface area contributed by atoms with E-state index in [1.54, 1.807) is 23.1 Å². The Bertz CT molecular complexity index is 818. The topological polar surface area (TPSA) is 93.8 Å². The predicted molar refractivity (Wildman–Crippen MR) is 84.6 cm³/mol. The number of hydrogen-bond acceptors (Lipinski definition) is 6. The first-order valence-electron chi connectivity index (χ1n) is 6.80. The van der Waals surface area contributed by atoms with Crippen molar-refractivity contribution in [3.63, 3.8) is 0 Å². The number of aryl methyl sites for hydroxylation is 1. The molecular weight excluding hydrogens is 314 g/mol. The van der Waals surface area contributed by atoms with E-state index in [9.17, 15) is 9.90 Å². The molecule has 0 aliphatic heterocycles. The second-order valence-corrected chi connectivity index (χ2v) is 5.70. The van der Waals surface area contributed by atoms with Crippen molar-refractivity contribution in [3.05, 3.63) is 59.7 Å². The van der Waals surface area contributed by atoms with Crippen LogP contribution in [-0.4, -0.2) is 36.0 Å². The summed E-state index contributed by atoms with van der Waals surface area (Å²) >= 11 is 1.34. The number of aromatic nitrogens is 5. The summed E-state index contributed by atoms with van der Waals surface area (Å²) in [6.07, 6.45) is 3.28. The smallest absolute Gasteiger partial charge is 0.358 e. The van der Waals surface area contributed by atoms with Crippen molar-refractivity contribution in [2.45, 2.75) is 17.8 Å². The Hall–Kier alpha value is -2.74. The Kier molecular flexibility index (Phi) is 4.33. The van der Waals surface area contributed by atoms with Crippen molar-refractivity contribution < 1.29 is 9.90 Å². The SMILES string of the molecule is Cc1ccc(-n2nnc(C(=O)O)c2CSc2ncccn2)cc1. The molecule has 0 aliphatic rings. The van der Waals surface area contributed by atoms with Crippen molar-refractivity contribution in [1.29, 1.82) is 0 Å². The molecule has 0 radical (unpaired) electrons. The Morgan fingerprint density at radius 1 is 1.22 bits per heavy atom. The van der Waals surface area contributed by atoms with Crippen LogP contribution in [0.2, 0.25) is 0 Å². The minimum Gasteiger partial charge on any atom is -0.476 e. The van der Waals surface area contributed by atoms with Gasteiger partial charge in [-0.3, -0.25) is 0 Å². The van der Waals surface area contributed by atoms with Crippen LogP contribution < -0.4 is 0 Å². The highest BCUT2D eigenvalue weighted by atomic mass is 32.2. The normalized spacial score (nSPS) is 10.7. The fourth-order valence-electron chi connectivity index (χ4n) is 1.98. The monoisotopic (exact) mass is 327 g/mol. The Morgan fingerprint density at radius 2 is 1.91 bits per heavy atom. The molecule has 116 valence electrons. The molecule has 1 N–H and O–H groups in total. The van der Waals surface area contributed by atoms with Crippen molar-refractivity contribution in [1.82, 2.24) is 25.0 Å². The molecule has 23 heavy (non-hydrogen) atoms. The number of thioether (sulfide) groups is 1. The van der Waals surface area contributed by atoms with Crippen LogP contribution in [0.1, 0.15) is 21.7 Å². The van der Waals surface area contributed by atoms with Crippen LogP contribution in [0, 0.1) is 6.92 Å². The highest BCUT2D eigenvalue weighted by Gasteiger charge is 2.20. The predicted octanol–water partition coefficient (Wildman–Crippen LogP) is 2.36. The van der Waals surface area contributed by atoms with Gasteiger partial charge in [0.2, 0.25) is 0 Å². The lowest BCUT2D eigenvalue weighted by Gasteiger charge is -2.07. The highest BCUT2D eigenvalue weighted by molar-refractivity contribution is 7.98. The molecule has 0 fully saturated rings. The van der Waals surface area contributed by atoms with Gasteiger partial charge in [-0.15, -0.1) is 5.10 Å². The fraction of sp³-hybridized carbons (Fsp3) is 0.133. The number of nitrogens with zero attached hydrogens (tertiary/aromatic N) is 5. The summed E-state index contributed by atoms with van der Waals surface area (Å²) in [4.78, 5) is 19.6. The average molecular weight is 327 g/mol. The van der Waals surface area contributed by atoms with Gasteiger partial charge in [-0.1, -0.05) is 34.7 Å². The van der Waals surface area contributed by atoms with Gasteiger partial charge in [0.25, 0.3) is 0 Å². The highest BCUT2D eigenvalue weighted by Crippen LogP contribution is 2.22. The fourth-order valence-corrected chi connectivity index (χ4v) is 2.78. The van der Waals surface area contributed by atoms with Crippen molar-refractivity contribution >= 4 is 17.7 Å². The van der Waals surface area contributed by atoms with E-state index in [-0.39, 0.29) is 5.69 Å². The molecule has 3 aromatic rings. The molecule has 0 aliphatic carbocycles. The van der Waals surface area contributed by atoms with Gasteiger partial charge in [0, 0.05) is 18.1 Å². The van der Waals surface area contributed by atoms with Crippen molar-refractivity contribution in [2.75, 3.05) is 0 Å². The van der Waals surface area contributed by atoms with Gasteiger partial charge in [-0.25, -0.2) is 19.4 Å². The van der Waals surface area contributed by atoms with Crippen LogP contribution in [-0.2, 0) is 5.75 Å². The first-order chi connectivity index (χ1) is 11.1. The number of carbonyl (C=O) groups is 1. The molecule has 3 rings (SSSR count). The Labute approximate surface area is 136 Å². The third kappa shape index (κ3) is 3.37. The van der Waals surface area contributed by atoms with Crippen LogP contribution >= 0.6 is 11.8 Å². The van der Waals surface area contributed by atoms with E-state index in [1.807, 2.05) is 31.2 Å². The summed E-state index contributed by atoms with van der Waals surface area (Å²) < 4.78 is 1.54. The number of rotatable bonds is 5. The molecule has 0 saturated heterocycles. The van der Waals surface area contributed by atoms with E-state index in [4.69, 9.17) is 0 Å². The standard InChI is InChI=1S/C15H13N5O2S/c1-10-3-5-11(6-4-10)20-12(13(14(21)22)18-19-20)9-23-15-16-7-2-8-17-15/h2-8H,9H2,1H3,(H,21,22). The zero-order valence-electron chi connectivity index (χ0n) is 12.2. The molecule has 0 bridgehead atoms. The number of benzene rings is 1. The summed E-state index contributed by atoms with van der Waals surface area (Å²) in [6.45, 7) is 1.98. The number of carboxylic acid groups (broad SMARTS) is 1. The van der Waals surface area contributed by atoms with E-state index in [2.05, 4.69) is 20.3 Å². The van der Waals surface area contributed by atoms with Gasteiger partial charge in [0.15, 0.2) is 10.9 Å². The zero-order chi connectivity index (χ0) is 16.2. The molecule has 2 heterocycles. The minimum atomic E-state index is -1.10. The Balaban J connectivity index is 1.94. The van der Waals surface area contributed by atoms with E-state index in [0.717, 1.165) is 11.3 Å². The molecule has 7 nitrogen and oxygen atoms in total. The van der Waals surface area contributed by atoms with E-state index < -0.39 is 5.97 Å². The summed E-state index contributed by atoms with van der Waals surface area (Å²) in [7, 11) is 0. The molecule has 0 saturated carbocycles. The van der Waals surface area contributed by atoms with Crippen LogP contribution in [0.4, 0.5) is 0 Å². The summed E-state index contributed by atoms with van der Waals surface area (Å²) in [5.41, 5.74) is 2.31. The number of aromatic carboxylic acids is 1. The van der Waals surface area contributed by atoms with Crippen LogP contribution in [0.3, 0.4) is 0 Å². The first kappa shape index (κ1) is 15.2. The molecule has 0 unspecified atom stereocenters. The molecule has 1 aromatic carbocycles. The third-order valence-electron chi connectivity index (χ3n) is 3.12. The van der Waals surface area contributed by atoms with Crippen molar-refractivity contribution in [2.24, 2.45) is 0 Å². The lowest BCUT2D eigenvalue weighted by atomic mass is 10.2. The number of hydrogen-bond donors (Lipinski definition) is 1.